The quantitative estimate of drug-likeness (QED) is 0.528. The molecule has 3 fully saturated rings. The first-order chi connectivity index (χ1) is 15.6. The summed E-state index contributed by atoms with van der Waals surface area (Å²) in [4.78, 5) is 33.5. The standard InChI is InChI=1S/C25H37N5O2/c1-2-26-25(28-21-14-16-29(18-21)24(32)20-7-3-4-8-20)27-17-19-10-12-22(13-11-19)30-15-6-5-9-23(30)31/h10-13,20-21H,2-9,14-18H2,1H3,(H2,26,27,28). The molecule has 174 valence electrons. The molecule has 1 aromatic carbocycles. The van der Waals surface area contributed by atoms with Gasteiger partial charge in [-0.25, -0.2) is 4.99 Å². The van der Waals surface area contributed by atoms with Crippen molar-refractivity contribution in [2.45, 2.75) is 70.9 Å². The summed E-state index contributed by atoms with van der Waals surface area (Å²) in [5.41, 5.74) is 2.09. The summed E-state index contributed by atoms with van der Waals surface area (Å²) >= 11 is 0. The van der Waals surface area contributed by atoms with Gasteiger partial charge in [-0.1, -0.05) is 25.0 Å². The van der Waals surface area contributed by atoms with Crippen molar-refractivity contribution in [2.24, 2.45) is 10.9 Å². The van der Waals surface area contributed by atoms with Gasteiger partial charge in [0.1, 0.15) is 0 Å². The minimum Gasteiger partial charge on any atom is -0.357 e. The fourth-order valence-corrected chi connectivity index (χ4v) is 5.05. The Kier molecular flexibility index (Phi) is 7.66. The summed E-state index contributed by atoms with van der Waals surface area (Å²) in [5, 5.41) is 6.85. The Bertz CT molecular complexity index is 816. The van der Waals surface area contributed by atoms with Crippen LogP contribution in [0.5, 0.6) is 0 Å². The molecule has 0 bridgehead atoms. The van der Waals surface area contributed by atoms with Gasteiger partial charge in [-0.2, -0.15) is 0 Å². The number of piperidine rings is 1. The Balaban J connectivity index is 1.31. The third-order valence-corrected chi connectivity index (χ3v) is 6.88. The highest BCUT2D eigenvalue weighted by atomic mass is 16.2. The number of likely N-dealkylation sites (tertiary alicyclic amines) is 1. The van der Waals surface area contributed by atoms with E-state index in [2.05, 4.69) is 29.7 Å². The normalized spacial score (nSPS) is 22.5. The lowest BCUT2D eigenvalue weighted by atomic mass is 10.1. The van der Waals surface area contributed by atoms with Crippen LogP contribution in [0.2, 0.25) is 0 Å². The Morgan fingerprint density at radius 2 is 1.84 bits per heavy atom. The van der Waals surface area contributed by atoms with Crippen LogP contribution in [0, 0.1) is 5.92 Å². The maximum Gasteiger partial charge on any atom is 0.226 e. The summed E-state index contributed by atoms with van der Waals surface area (Å²) in [5.74, 6) is 1.61. The first kappa shape index (κ1) is 22.6. The number of hydrogen-bond donors (Lipinski definition) is 2. The fourth-order valence-electron chi connectivity index (χ4n) is 5.05. The van der Waals surface area contributed by atoms with E-state index in [1.54, 1.807) is 0 Å². The molecule has 2 saturated heterocycles. The average Bonchev–Trinajstić information content (AvgIpc) is 3.51. The van der Waals surface area contributed by atoms with E-state index >= 15 is 0 Å². The third-order valence-electron chi connectivity index (χ3n) is 6.88. The molecule has 4 rings (SSSR count). The zero-order valence-electron chi connectivity index (χ0n) is 19.3. The predicted molar refractivity (Wildman–Crippen MR) is 128 cm³/mol. The Hall–Kier alpha value is -2.57. The number of anilines is 1. The van der Waals surface area contributed by atoms with E-state index in [0.29, 0.717) is 18.9 Å². The second kappa shape index (κ2) is 10.8. The molecule has 1 aromatic rings. The molecule has 1 unspecified atom stereocenters. The molecular formula is C25H37N5O2. The van der Waals surface area contributed by atoms with Gasteiger partial charge in [0.2, 0.25) is 11.8 Å². The van der Waals surface area contributed by atoms with E-state index in [-0.39, 0.29) is 17.9 Å². The molecule has 2 N–H and O–H groups in total. The smallest absolute Gasteiger partial charge is 0.226 e. The highest BCUT2D eigenvalue weighted by molar-refractivity contribution is 5.94. The number of benzene rings is 1. The van der Waals surface area contributed by atoms with Crippen molar-refractivity contribution in [1.82, 2.24) is 15.5 Å². The van der Waals surface area contributed by atoms with Crippen molar-refractivity contribution in [2.75, 3.05) is 31.1 Å². The number of guanidine groups is 1. The van der Waals surface area contributed by atoms with Gasteiger partial charge in [0.05, 0.1) is 6.54 Å². The molecule has 7 nitrogen and oxygen atoms in total. The van der Waals surface area contributed by atoms with Gasteiger partial charge in [0, 0.05) is 50.2 Å². The number of nitrogens with one attached hydrogen (secondary N) is 2. The van der Waals surface area contributed by atoms with Crippen LogP contribution >= 0.6 is 0 Å². The lowest BCUT2D eigenvalue weighted by Gasteiger charge is -2.26. The molecule has 1 aliphatic carbocycles. The largest absolute Gasteiger partial charge is 0.357 e. The number of rotatable bonds is 6. The highest BCUT2D eigenvalue weighted by Crippen LogP contribution is 2.28. The Labute approximate surface area is 191 Å². The molecular weight excluding hydrogens is 402 g/mol. The van der Waals surface area contributed by atoms with Crippen LogP contribution < -0.4 is 15.5 Å². The summed E-state index contributed by atoms with van der Waals surface area (Å²) in [6.45, 7) is 5.83. The van der Waals surface area contributed by atoms with E-state index in [9.17, 15) is 9.59 Å². The number of amides is 2. The monoisotopic (exact) mass is 439 g/mol. The van der Waals surface area contributed by atoms with Crippen LogP contribution in [0.3, 0.4) is 0 Å². The number of aliphatic imine (C=N–C) groups is 1. The third kappa shape index (κ3) is 5.61. The van der Waals surface area contributed by atoms with Gasteiger partial charge < -0.3 is 20.4 Å². The zero-order chi connectivity index (χ0) is 22.3. The number of hydrogen-bond acceptors (Lipinski definition) is 3. The first-order valence-corrected chi connectivity index (χ1v) is 12.4. The van der Waals surface area contributed by atoms with Crippen LogP contribution in [0.25, 0.3) is 0 Å². The van der Waals surface area contributed by atoms with Gasteiger partial charge in [0.25, 0.3) is 0 Å². The van der Waals surface area contributed by atoms with Crippen molar-refractivity contribution in [3.05, 3.63) is 29.8 Å². The van der Waals surface area contributed by atoms with Crippen LogP contribution in [-0.4, -0.2) is 54.9 Å². The summed E-state index contributed by atoms with van der Waals surface area (Å²) < 4.78 is 0. The maximum atomic E-state index is 12.7. The Morgan fingerprint density at radius 1 is 1.06 bits per heavy atom. The Morgan fingerprint density at radius 3 is 2.56 bits per heavy atom. The van der Waals surface area contributed by atoms with Gasteiger partial charge >= 0.3 is 0 Å². The van der Waals surface area contributed by atoms with Crippen molar-refractivity contribution in [3.63, 3.8) is 0 Å². The molecule has 2 amide bonds. The fraction of sp³-hybridized carbons (Fsp3) is 0.640. The molecule has 3 aliphatic rings. The summed E-state index contributed by atoms with van der Waals surface area (Å²) in [7, 11) is 0. The number of carbonyl (C=O) groups is 2. The van der Waals surface area contributed by atoms with E-state index in [1.165, 1.54) is 12.8 Å². The van der Waals surface area contributed by atoms with Crippen LogP contribution in [0.4, 0.5) is 5.69 Å². The molecule has 32 heavy (non-hydrogen) atoms. The minimum atomic E-state index is 0.220. The van der Waals surface area contributed by atoms with Gasteiger partial charge in [0.15, 0.2) is 5.96 Å². The van der Waals surface area contributed by atoms with E-state index < -0.39 is 0 Å². The zero-order valence-corrected chi connectivity index (χ0v) is 19.3. The summed E-state index contributed by atoms with van der Waals surface area (Å²) in [6.07, 6.45) is 8.17. The lowest BCUT2D eigenvalue weighted by molar-refractivity contribution is -0.134. The highest BCUT2D eigenvalue weighted by Gasteiger charge is 2.32. The molecule has 2 heterocycles. The van der Waals surface area contributed by atoms with Crippen LogP contribution in [0.1, 0.15) is 63.9 Å². The van der Waals surface area contributed by atoms with Crippen molar-refractivity contribution in [3.8, 4) is 0 Å². The van der Waals surface area contributed by atoms with Crippen molar-refractivity contribution < 1.29 is 9.59 Å². The first-order valence-electron chi connectivity index (χ1n) is 12.4. The van der Waals surface area contributed by atoms with Gasteiger partial charge in [-0.05, 0) is 56.7 Å². The van der Waals surface area contributed by atoms with E-state index in [0.717, 1.165) is 75.5 Å². The second-order valence-electron chi connectivity index (χ2n) is 9.26. The van der Waals surface area contributed by atoms with E-state index in [4.69, 9.17) is 4.99 Å². The molecule has 0 spiro atoms. The second-order valence-corrected chi connectivity index (χ2v) is 9.26. The molecule has 1 saturated carbocycles. The maximum absolute atomic E-state index is 12.7. The molecule has 7 heteroatoms. The topological polar surface area (TPSA) is 77.0 Å². The lowest BCUT2D eigenvalue weighted by Crippen LogP contribution is -2.45. The SMILES string of the molecule is CCNC(=NCc1ccc(N2CCCCC2=O)cc1)NC1CCN(C(=O)C2CCCC2)C1. The number of carbonyl (C=O) groups excluding carboxylic acids is 2. The minimum absolute atomic E-state index is 0.220. The van der Waals surface area contributed by atoms with Crippen LogP contribution in [0.15, 0.2) is 29.3 Å². The van der Waals surface area contributed by atoms with Gasteiger partial charge in [-0.3, -0.25) is 9.59 Å². The van der Waals surface area contributed by atoms with Gasteiger partial charge in [-0.15, -0.1) is 0 Å². The molecule has 0 aromatic heterocycles. The molecule has 2 aliphatic heterocycles. The van der Waals surface area contributed by atoms with E-state index in [1.807, 2.05) is 21.9 Å². The average molecular weight is 440 g/mol. The predicted octanol–water partition coefficient (Wildman–Crippen LogP) is 3.05. The number of nitrogens with zero attached hydrogens (tertiary/aromatic N) is 3. The van der Waals surface area contributed by atoms with Crippen molar-refractivity contribution >= 4 is 23.5 Å². The van der Waals surface area contributed by atoms with Crippen LogP contribution in [-0.2, 0) is 16.1 Å². The molecule has 0 radical (unpaired) electrons. The summed E-state index contributed by atoms with van der Waals surface area (Å²) in [6, 6.07) is 8.41. The molecule has 1 atom stereocenters. The van der Waals surface area contributed by atoms with Crippen molar-refractivity contribution in [1.29, 1.82) is 0 Å².